The van der Waals surface area contributed by atoms with E-state index in [0.29, 0.717) is 22.2 Å². The van der Waals surface area contributed by atoms with Crippen LogP contribution in [0.3, 0.4) is 0 Å². The van der Waals surface area contributed by atoms with Crippen molar-refractivity contribution in [1.29, 1.82) is 0 Å². The molecule has 12 nitrogen and oxygen atoms in total. The maximum Gasteiger partial charge on any atom is 0.415 e. The van der Waals surface area contributed by atoms with Gasteiger partial charge in [-0.2, -0.15) is 0 Å². The molecule has 2 aliphatic rings. The van der Waals surface area contributed by atoms with Crippen LogP contribution in [0.2, 0.25) is 5.02 Å². The van der Waals surface area contributed by atoms with Crippen LogP contribution in [0.4, 0.5) is 34.7 Å². The molecule has 258 valence electrons. The number of rotatable bonds is 3. The van der Waals surface area contributed by atoms with Crippen molar-refractivity contribution in [2.24, 2.45) is 0 Å². The Morgan fingerprint density at radius 2 is 1.69 bits per heavy atom. The fraction of sp³-hybridized carbons (Fsp3) is 0.485. The highest BCUT2D eigenvalue weighted by Crippen LogP contribution is 2.42. The first-order valence-corrected chi connectivity index (χ1v) is 15.8. The van der Waals surface area contributed by atoms with Crippen LogP contribution in [-0.4, -0.2) is 82.9 Å². The van der Waals surface area contributed by atoms with Crippen molar-refractivity contribution in [3.8, 4) is 17.0 Å². The molecule has 2 aliphatic heterocycles. The zero-order valence-electron chi connectivity index (χ0n) is 27.8. The maximum atomic E-state index is 15.8. The molecule has 15 heteroatoms. The third kappa shape index (κ3) is 7.64. The fourth-order valence-electron chi connectivity index (χ4n) is 5.38. The zero-order valence-corrected chi connectivity index (χ0v) is 28.5. The molecule has 2 aromatic heterocycles. The van der Waals surface area contributed by atoms with Crippen molar-refractivity contribution < 1.29 is 42.1 Å². The summed E-state index contributed by atoms with van der Waals surface area (Å²) in [5.41, 5.74) is -0.168. The van der Waals surface area contributed by atoms with Crippen LogP contribution in [0, 0.1) is 12.7 Å². The van der Waals surface area contributed by atoms with Crippen molar-refractivity contribution in [2.75, 3.05) is 36.5 Å². The van der Waals surface area contributed by atoms with Gasteiger partial charge in [-0.05, 0) is 71.5 Å². The summed E-state index contributed by atoms with van der Waals surface area (Å²) in [7, 11) is 0. The van der Waals surface area contributed by atoms with Gasteiger partial charge in [0.15, 0.2) is 6.17 Å². The molecule has 3 amide bonds. The number of piperidine rings is 1. The monoisotopic (exact) mass is 689 g/mol. The molecule has 0 saturated carbocycles. The van der Waals surface area contributed by atoms with Crippen LogP contribution in [0.25, 0.3) is 21.9 Å². The number of amides is 3. The van der Waals surface area contributed by atoms with Crippen LogP contribution in [0.5, 0.6) is 5.88 Å². The van der Waals surface area contributed by atoms with Gasteiger partial charge in [0.25, 0.3) is 0 Å². The number of carbonyl (C=O) groups excluding carboxylic acids is 3. The molecule has 5 rings (SSSR count). The Morgan fingerprint density at radius 3 is 2.35 bits per heavy atom. The van der Waals surface area contributed by atoms with E-state index in [1.165, 1.54) is 34.3 Å². The summed E-state index contributed by atoms with van der Waals surface area (Å²) in [6.07, 6.45) is -2.10. The minimum atomic E-state index is -1.63. The number of carbonyl (C=O) groups is 3. The lowest BCUT2D eigenvalue weighted by molar-refractivity contribution is -0.0213. The number of pyridine rings is 2. The van der Waals surface area contributed by atoms with Crippen molar-refractivity contribution >= 4 is 52.2 Å². The van der Waals surface area contributed by atoms with E-state index in [1.54, 1.807) is 48.5 Å². The zero-order chi connectivity index (χ0) is 35.1. The number of hydrogen-bond donors (Lipinski definition) is 1. The molecule has 0 bridgehead atoms. The molecule has 4 heterocycles. The summed E-state index contributed by atoms with van der Waals surface area (Å²) < 4.78 is 52.6. The summed E-state index contributed by atoms with van der Waals surface area (Å²) >= 11 is 6.47. The lowest BCUT2D eigenvalue weighted by Gasteiger charge is -2.35. The van der Waals surface area contributed by atoms with Gasteiger partial charge < -0.3 is 23.8 Å². The lowest BCUT2D eigenvalue weighted by atomic mass is 9.97. The molecular formula is C33H38ClF2N5O7. The van der Waals surface area contributed by atoms with Gasteiger partial charge in [0, 0.05) is 41.9 Å². The van der Waals surface area contributed by atoms with Gasteiger partial charge >= 0.3 is 18.3 Å². The van der Waals surface area contributed by atoms with E-state index in [9.17, 15) is 18.8 Å². The van der Waals surface area contributed by atoms with E-state index >= 15 is 4.39 Å². The van der Waals surface area contributed by atoms with Gasteiger partial charge in [0.2, 0.25) is 5.88 Å². The standard InChI is InChI=1S/C33H38ClF2N5O7/c1-17-20(14-38-28-27(17)41(10-11-45-28)31(44)48-33(5,6)7)19-12-18-13-24(37-15-21(18)25(34)26(19)36)39-29(42)46-23-8-9-40(16-22(23)35)30(43)47-32(2,3)4/h12-15,22-23H,8-11,16H2,1-7H3,(H,37,39,42)/t22-,23+/m0/s1. The average Bonchev–Trinajstić information content (AvgIpc) is 2.98. The second-order valence-electron chi connectivity index (χ2n) is 13.6. The highest BCUT2D eigenvalue weighted by Gasteiger charge is 2.36. The predicted octanol–water partition coefficient (Wildman–Crippen LogP) is 7.43. The first kappa shape index (κ1) is 34.9. The number of nitrogens with zero attached hydrogens (tertiary/aromatic N) is 4. The first-order chi connectivity index (χ1) is 22.4. The third-order valence-corrected chi connectivity index (χ3v) is 7.89. The Labute approximate surface area is 281 Å². The van der Waals surface area contributed by atoms with Crippen molar-refractivity contribution in [3.63, 3.8) is 0 Å². The number of halogens is 3. The van der Waals surface area contributed by atoms with E-state index < -0.39 is 47.6 Å². The van der Waals surface area contributed by atoms with Gasteiger partial charge in [0.05, 0.1) is 18.1 Å². The van der Waals surface area contributed by atoms with Crippen molar-refractivity contribution in [1.82, 2.24) is 14.9 Å². The Hall–Kier alpha value is -4.46. The molecule has 0 aliphatic carbocycles. The van der Waals surface area contributed by atoms with Crippen LogP contribution >= 0.6 is 11.6 Å². The fourth-order valence-corrected chi connectivity index (χ4v) is 5.64. The number of ether oxygens (including phenoxy) is 4. The van der Waals surface area contributed by atoms with E-state index in [2.05, 4.69) is 15.3 Å². The maximum absolute atomic E-state index is 15.8. The number of benzene rings is 1. The Balaban J connectivity index is 1.36. The number of anilines is 2. The SMILES string of the molecule is Cc1c(-c2cc3cc(NC(=O)O[C@@H]4CCN(C(=O)OC(C)(C)C)C[C@@H]4F)ncc3c(Cl)c2F)cnc2c1N(C(=O)OC(C)(C)C)CCO2. The topological polar surface area (TPSA) is 132 Å². The molecule has 2 atom stereocenters. The van der Waals surface area contributed by atoms with Crippen LogP contribution in [0.1, 0.15) is 53.5 Å². The number of aromatic nitrogens is 2. The minimum Gasteiger partial charge on any atom is -0.474 e. The largest absolute Gasteiger partial charge is 0.474 e. The van der Waals surface area contributed by atoms with Crippen molar-refractivity contribution in [3.05, 3.63) is 40.9 Å². The second-order valence-corrected chi connectivity index (χ2v) is 14.0. The van der Waals surface area contributed by atoms with Crippen molar-refractivity contribution in [2.45, 2.75) is 78.4 Å². The molecule has 0 unspecified atom stereocenters. The molecule has 1 aromatic carbocycles. The van der Waals surface area contributed by atoms with E-state index in [-0.39, 0.29) is 60.3 Å². The van der Waals surface area contributed by atoms with Gasteiger partial charge in [-0.3, -0.25) is 10.2 Å². The first-order valence-electron chi connectivity index (χ1n) is 15.4. The Bertz CT molecular complexity index is 1760. The minimum absolute atomic E-state index is 0.0486. The Morgan fingerprint density at radius 1 is 1.00 bits per heavy atom. The van der Waals surface area contributed by atoms with Crippen LogP contribution in [-0.2, 0) is 14.2 Å². The van der Waals surface area contributed by atoms with Crippen LogP contribution in [0.15, 0.2) is 24.5 Å². The Kier molecular flexibility index (Phi) is 9.60. The molecule has 1 N–H and O–H groups in total. The summed E-state index contributed by atoms with van der Waals surface area (Å²) in [5.74, 6) is -0.475. The summed E-state index contributed by atoms with van der Waals surface area (Å²) in [5, 5.41) is 2.97. The molecule has 3 aromatic rings. The summed E-state index contributed by atoms with van der Waals surface area (Å²) in [6, 6.07) is 3.00. The van der Waals surface area contributed by atoms with E-state index in [1.807, 2.05) is 0 Å². The molecule has 0 radical (unpaired) electrons. The van der Waals surface area contributed by atoms with Gasteiger partial charge in [-0.25, -0.2) is 33.1 Å². The molecular weight excluding hydrogens is 652 g/mol. The number of likely N-dealkylation sites (tertiary alicyclic amines) is 1. The highest BCUT2D eigenvalue weighted by atomic mass is 35.5. The van der Waals surface area contributed by atoms with Gasteiger partial charge in [-0.15, -0.1) is 0 Å². The van der Waals surface area contributed by atoms with E-state index in [4.69, 9.17) is 30.5 Å². The second kappa shape index (κ2) is 13.2. The number of nitrogens with one attached hydrogen (secondary N) is 1. The van der Waals surface area contributed by atoms with Crippen LogP contribution < -0.4 is 15.0 Å². The number of alkyl halides is 1. The van der Waals surface area contributed by atoms with Gasteiger partial charge in [-0.1, -0.05) is 11.6 Å². The van der Waals surface area contributed by atoms with Gasteiger partial charge in [0.1, 0.15) is 41.2 Å². The quantitative estimate of drug-likeness (QED) is 0.279. The smallest absolute Gasteiger partial charge is 0.415 e. The molecule has 1 saturated heterocycles. The molecule has 48 heavy (non-hydrogen) atoms. The van der Waals surface area contributed by atoms with E-state index in [0.717, 1.165) is 0 Å². The molecule has 0 spiro atoms. The molecule has 1 fully saturated rings. The summed E-state index contributed by atoms with van der Waals surface area (Å²) in [4.78, 5) is 49.3. The summed E-state index contributed by atoms with van der Waals surface area (Å²) in [6.45, 7) is 12.4. The number of hydrogen-bond acceptors (Lipinski definition) is 9. The predicted molar refractivity (Wildman–Crippen MR) is 175 cm³/mol. The third-order valence-electron chi connectivity index (χ3n) is 7.52. The average molecular weight is 690 g/mol. The normalized spacial score (nSPS) is 18.1. The highest BCUT2D eigenvalue weighted by molar-refractivity contribution is 6.36. The number of fused-ring (bicyclic) bond motifs is 2. The lowest BCUT2D eigenvalue weighted by Crippen LogP contribution is -2.50.